The maximum Gasteiger partial charge on any atom is 0.251 e. The molecule has 2 heterocycles. The first-order valence-electron chi connectivity index (χ1n) is 8.82. The van der Waals surface area contributed by atoms with Crippen molar-refractivity contribution in [3.63, 3.8) is 0 Å². The van der Waals surface area contributed by atoms with Gasteiger partial charge >= 0.3 is 0 Å². The molecule has 0 saturated carbocycles. The first kappa shape index (κ1) is 17.2. The smallest absolute Gasteiger partial charge is 0.251 e. The molecule has 1 amide bonds. The number of aromatic nitrogens is 2. The highest BCUT2D eigenvalue weighted by molar-refractivity contribution is 5.95. The number of carbonyl (C=O) groups is 1. The Hall–Kier alpha value is -2.63. The second-order valence-corrected chi connectivity index (χ2v) is 6.35. The number of nitrogens with zero attached hydrogens (tertiary/aromatic N) is 3. The third-order valence-electron chi connectivity index (χ3n) is 4.36. The van der Waals surface area contributed by atoms with Crippen molar-refractivity contribution in [3.8, 4) is 0 Å². The molecule has 1 aromatic carbocycles. The van der Waals surface area contributed by atoms with Gasteiger partial charge in [-0.05, 0) is 38.3 Å². The minimum atomic E-state index is -0.0449. The van der Waals surface area contributed by atoms with Gasteiger partial charge in [0.25, 0.3) is 5.91 Å². The Bertz CT molecular complexity index is 740. The Morgan fingerprint density at radius 1 is 1.12 bits per heavy atom. The molecule has 1 aromatic heterocycles. The van der Waals surface area contributed by atoms with Crippen LogP contribution in [0.15, 0.2) is 30.3 Å². The highest BCUT2D eigenvalue weighted by Gasteiger charge is 2.15. The summed E-state index contributed by atoms with van der Waals surface area (Å²) in [6, 6.07) is 9.58. The summed E-state index contributed by atoms with van der Waals surface area (Å²) in [6.45, 7) is 7.12. The van der Waals surface area contributed by atoms with E-state index in [2.05, 4.69) is 25.5 Å². The maximum absolute atomic E-state index is 12.2. The molecule has 2 N–H and O–H groups in total. The number of amides is 1. The van der Waals surface area contributed by atoms with Gasteiger partial charge in [-0.3, -0.25) is 4.79 Å². The minimum Gasteiger partial charge on any atom is -0.368 e. The molecule has 1 saturated heterocycles. The lowest BCUT2D eigenvalue weighted by Gasteiger charge is -2.18. The van der Waals surface area contributed by atoms with Crippen molar-refractivity contribution in [1.29, 1.82) is 0 Å². The zero-order chi connectivity index (χ0) is 17.6. The van der Waals surface area contributed by atoms with Gasteiger partial charge in [-0.1, -0.05) is 18.2 Å². The van der Waals surface area contributed by atoms with Crippen LogP contribution in [0.5, 0.6) is 0 Å². The summed E-state index contributed by atoms with van der Waals surface area (Å²) in [5.41, 5.74) is 1.70. The van der Waals surface area contributed by atoms with Crippen LogP contribution in [0.2, 0.25) is 0 Å². The highest BCUT2D eigenvalue weighted by atomic mass is 16.1. The summed E-state index contributed by atoms with van der Waals surface area (Å²) in [5.74, 6) is 2.50. The lowest BCUT2D eigenvalue weighted by Crippen LogP contribution is -2.29. The second-order valence-electron chi connectivity index (χ2n) is 6.35. The number of hydrogen-bond acceptors (Lipinski definition) is 5. The van der Waals surface area contributed by atoms with E-state index in [0.29, 0.717) is 13.1 Å². The van der Waals surface area contributed by atoms with E-state index in [1.807, 2.05) is 44.2 Å². The molecule has 0 atom stereocenters. The summed E-state index contributed by atoms with van der Waals surface area (Å²) in [5, 5.41) is 6.22. The summed E-state index contributed by atoms with van der Waals surface area (Å²) in [6.07, 6.45) is 2.44. The van der Waals surface area contributed by atoms with Crippen LogP contribution >= 0.6 is 0 Å². The van der Waals surface area contributed by atoms with E-state index in [1.54, 1.807) is 0 Å². The number of anilines is 2. The standard InChI is InChI=1S/C19H25N5O/c1-14-7-3-4-8-16(14)19(25)21-10-9-20-17-13-18(23-15(2)22-17)24-11-5-6-12-24/h3-4,7-8,13H,5-6,9-12H2,1-2H3,(H,21,25)(H,20,22,23). The Morgan fingerprint density at radius 3 is 2.64 bits per heavy atom. The van der Waals surface area contributed by atoms with Gasteiger partial charge in [-0.2, -0.15) is 0 Å². The van der Waals surface area contributed by atoms with Gasteiger partial charge in [0.15, 0.2) is 0 Å². The van der Waals surface area contributed by atoms with Crippen molar-refractivity contribution in [2.45, 2.75) is 26.7 Å². The van der Waals surface area contributed by atoms with Gasteiger partial charge < -0.3 is 15.5 Å². The van der Waals surface area contributed by atoms with Crippen LogP contribution in [0.25, 0.3) is 0 Å². The fourth-order valence-corrected chi connectivity index (χ4v) is 3.04. The van der Waals surface area contributed by atoms with E-state index >= 15 is 0 Å². The lowest BCUT2D eigenvalue weighted by atomic mass is 10.1. The normalized spacial score (nSPS) is 13.8. The molecule has 3 rings (SSSR count). The molecular weight excluding hydrogens is 314 g/mol. The molecule has 2 aromatic rings. The lowest BCUT2D eigenvalue weighted by molar-refractivity contribution is 0.0954. The molecule has 132 valence electrons. The SMILES string of the molecule is Cc1nc(NCCNC(=O)c2ccccc2C)cc(N2CCCC2)n1. The fourth-order valence-electron chi connectivity index (χ4n) is 3.04. The van der Waals surface area contributed by atoms with E-state index in [1.165, 1.54) is 12.8 Å². The maximum atomic E-state index is 12.2. The predicted molar refractivity (Wildman–Crippen MR) is 100 cm³/mol. The number of hydrogen-bond donors (Lipinski definition) is 2. The second kappa shape index (κ2) is 7.96. The van der Waals surface area contributed by atoms with E-state index in [0.717, 1.165) is 41.7 Å². The molecule has 6 nitrogen and oxygen atoms in total. The molecule has 6 heteroatoms. The Labute approximate surface area is 148 Å². The molecule has 1 fully saturated rings. The van der Waals surface area contributed by atoms with Crippen LogP contribution in [0.3, 0.4) is 0 Å². The third kappa shape index (κ3) is 4.47. The first-order valence-corrected chi connectivity index (χ1v) is 8.82. The molecular formula is C19H25N5O. The summed E-state index contributed by atoms with van der Waals surface area (Å²) >= 11 is 0. The van der Waals surface area contributed by atoms with E-state index in [4.69, 9.17) is 0 Å². The number of rotatable bonds is 6. The van der Waals surface area contributed by atoms with Crippen LogP contribution in [0, 0.1) is 13.8 Å². The van der Waals surface area contributed by atoms with Gasteiger partial charge in [-0.25, -0.2) is 9.97 Å². The van der Waals surface area contributed by atoms with Crippen LogP contribution in [-0.4, -0.2) is 42.1 Å². The monoisotopic (exact) mass is 339 g/mol. The van der Waals surface area contributed by atoms with Crippen LogP contribution in [0.1, 0.15) is 34.6 Å². The summed E-state index contributed by atoms with van der Waals surface area (Å²) in [7, 11) is 0. The topological polar surface area (TPSA) is 70.2 Å². The fraction of sp³-hybridized carbons (Fsp3) is 0.421. The molecule has 0 aliphatic carbocycles. The van der Waals surface area contributed by atoms with Gasteiger partial charge in [0.2, 0.25) is 0 Å². The third-order valence-corrected chi connectivity index (χ3v) is 4.36. The molecule has 1 aliphatic heterocycles. The van der Waals surface area contributed by atoms with E-state index in [-0.39, 0.29) is 5.91 Å². The Balaban J connectivity index is 1.52. The van der Waals surface area contributed by atoms with Crippen molar-refractivity contribution in [2.75, 3.05) is 36.4 Å². The summed E-state index contributed by atoms with van der Waals surface area (Å²) in [4.78, 5) is 23.4. The number of carbonyl (C=O) groups excluding carboxylic acids is 1. The van der Waals surface area contributed by atoms with Crippen LogP contribution in [-0.2, 0) is 0 Å². The highest BCUT2D eigenvalue weighted by Crippen LogP contribution is 2.20. The Morgan fingerprint density at radius 2 is 1.88 bits per heavy atom. The van der Waals surface area contributed by atoms with Crippen molar-refractivity contribution >= 4 is 17.5 Å². The minimum absolute atomic E-state index is 0.0449. The molecule has 0 radical (unpaired) electrons. The summed E-state index contributed by atoms with van der Waals surface area (Å²) < 4.78 is 0. The van der Waals surface area contributed by atoms with Crippen LogP contribution in [0.4, 0.5) is 11.6 Å². The van der Waals surface area contributed by atoms with Gasteiger partial charge in [-0.15, -0.1) is 0 Å². The predicted octanol–water partition coefficient (Wildman–Crippen LogP) is 2.54. The average Bonchev–Trinajstić information content (AvgIpc) is 3.13. The van der Waals surface area contributed by atoms with Gasteiger partial charge in [0.05, 0.1) is 0 Å². The first-order chi connectivity index (χ1) is 12.1. The molecule has 1 aliphatic rings. The number of aryl methyl sites for hydroxylation is 2. The average molecular weight is 339 g/mol. The molecule has 0 bridgehead atoms. The van der Waals surface area contributed by atoms with Crippen LogP contribution < -0.4 is 15.5 Å². The Kier molecular flexibility index (Phi) is 5.48. The molecule has 25 heavy (non-hydrogen) atoms. The zero-order valence-electron chi connectivity index (χ0n) is 14.9. The molecule has 0 unspecified atom stereocenters. The number of benzene rings is 1. The van der Waals surface area contributed by atoms with Crippen molar-refractivity contribution < 1.29 is 4.79 Å². The van der Waals surface area contributed by atoms with Crippen molar-refractivity contribution in [3.05, 3.63) is 47.3 Å². The van der Waals surface area contributed by atoms with E-state index < -0.39 is 0 Å². The quantitative estimate of drug-likeness (QED) is 0.792. The zero-order valence-corrected chi connectivity index (χ0v) is 14.9. The molecule has 0 spiro atoms. The van der Waals surface area contributed by atoms with E-state index in [9.17, 15) is 4.79 Å². The van der Waals surface area contributed by atoms with Gasteiger partial charge in [0, 0.05) is 37.8 Å². The van der Waals surface area contributed by atoms with Crippen molar-refractivity contribution in [2.24, 2.45) is 0 Å². The van der Waals surface area contributed by atoms with Gasteiger partial charge in [0.1, 0.15) is 17.5 Å². The largest absolute Gasteiger partial charge is 0.368 e. The van der Waals surface area contributed by atoms with Crippen molar-refractivity contribution in [1.82, 2.24) is 15.3 Å². The number of nitrogens with one attached hydrogen (secondary N) is 2.